The molecule has 0 radical (unpaired) electrons. The molecule has 38 heavy (non-hydrogen) atoms. The lowest BCUT2D eigenvalue weighted by Gasteiger charge is -2.36. The average Bonchev–Trinajstić information content (AvgIpc) is 3.46. The number of rotatable bonds is 8. The Kier molecular flexibility index (Phi) is 8.81. The van der Waals surface area contributed by atoms with Crippen molar-refractivity contribution in [2.24, 2.45) is 10.9 Å². The number of carbonyl (C=O) groups is 2. The molecule has 3 heterocycles. The highest BCUT2D eigenvalue weighted by molar-refractivity contribution is 7.89. The number of thiazole rings is 1. The van der Waals surface area contributed by atoms with Gasteiger partial charge in [-0.05, 0) is 25.0 Å². The molecule has 1 unspecified atom stereocenters. The number of nitrogens with zero attached hydrogens (tertiary/aromatic N) is 3. The Morgan fingerprint density at radius 2 is 1.97 bits per heavy atom. The van der Waals surface area contributed by atoms with Gasteiger partial charge >= 0.3 is 11.9 Å². The van der Waals surface area contributed by atoms with Gasteiger partial charge in [0.05, 0.1) is 32.0 Å². The number of aromatic nitrogens is 1. The van der Waals surface area contributed by atoms with E-state index in [0.29, 0.717) is 34.9 Å². The van der Waals surface area contributed by atoms with Gasteiger partial charge in [0.25, 0.3) is 0 Å². The Morgan fingerprint density at radius 3 is 2.58 bits per heavy atom. The average molecular weight is 585 g/mol. The molecule has 4 rings (SSSR count). The Labute approximate surface area is 228 Å². The molecular weight excluding hydrogens is 559 g/mol. The summed E-state index contributed by atoms with van der Waals surface area (Å²) in [5.74, 6) is -1.92. The second-order valence-corrected chi connectivity index (χ2v) is 12.0. The van der Waals surface area contributed by atoms with Gasteiger partial charge in [-0.25, -0.2) is 26.9 Å². The number of carbonyl (C=O) groups excluding carboxylic acids is 2. The highest BCUT2D eigenvalue weighted by Gasteiger charge is 2.38. The quantitative estimate of drug-likeness (QED) is 0.469. The summed E-state index contributed by atoms with van der Waals surface area (Å²) in [5.41, 5.74) is 1.17. The number of amidine groups is 1. The number of hydrogen-bond donors (Lipinski definition) is 1. The fraction of sp³-hybridized carbons (Fsp3) is 0.417. The molecule has 0 amide bonds. The van der Waals surface area contributed by atoms with Crippen LogP contribution in [0.1, 0.15) is 35.9 Å². The lowest BCUT2D eigenvalue weighted by Crippen LogP contribution is -2.44. The third kappa shape index (κ3) is 6.06. The Hall–Kier alpha value is -2.87. The number of nitrogens with one attached hydrogen (secondary N) is 1. The molecule has 2 aromatic rings. The topological polar surface area (TPSA) is 127 Å². The van der Waals surface area contributed by atoms with E-state index in [9.17, 15) is 22.4 Å². The van der Waals surface area contributed by atoms with Crippen molar-refractivity contribution in [1.29, 1.82) is 0 Å². The van der Waals surface area contributed by atoms with Crippen LogP contribution in [0, 0.1) is 11.7 Å². The summed E-state index contributed by atoms with van der Waals surface area (Å²) in [7, 11) is -1.20. The van der Waals surface area contributed by atoms with Crippen molar-refractivity contribution in [3.05, 3.63) is 62.5 Å². The Balaban J connectivity index is 1.68. The molecule has 2 aliphatic heterocycles. The first-order valence-corrected chi connectivity index (χ1v) is 14.6. The third-order valence-corrected chi connectivity index (χ3v) is 9.40. The monoisotopic (exact) mass is 584 g/mol. The second kappa shape index (κ2) is 11.9. The van der Waals surface area contributed by atoms with E-state index in [2.05, 4.69) is 15.0 Å². The molecule has 204 valence electrons. The van der Waals surface area contributed by atoms with Crippen molar-refractivity contribution in [2.75, 3.05) is 33.1 Å². The van der Waals surface area contributed by atoms with E-state index in [0.717, 1.165) is 6.07 Å². The van der Waals surface area contributed by atoms with Crippen LogP contribution < -0.4 is 5.32 Å². The molecule has 1 atom stereocenters. The number of aliphatic imine (C=N–C) groups is 1. The predicted octanol–water partition coefficient (Wildman–Crippen LogP) is 3.06. The van der Waals surface area contributed by atoms with E-state index in [1.54, 1.807) is 11.6 Å². The molecule has 2 aliphatic rings. The van der Waals surface area contributed by atoms with Gasteiger partial charge in [-0.15, -0.1) is 11.3 Å². The fourth-order valence-corrected chi connectivity index (χ4v) is 6.79. The molecule has 1 aromatic heterocycles. The van der Waals surface area contributed by atoms with Crippen molar-refractivity contribution in [3.8, 4) is 0 Å². The van der Waals surface area contributed by atoms with Crippen LogP contribution >= 0.6 is 22.9 Å². The maximum absolute atomic E-state index is 13.8. The van der Waals surface area contributed by atoms with Crippen molar-refractivity contribution >= 4 is 50.7 Å². The minimum Gasteiger partial charge on any atom is -0.469 e. The van der Waals surface area contributed by atoms with Crippen molar-refractivity contribution < 1.29 is 31.9 Å². The SMILES string of the molecule is COC(=O)CCS(=O)(=O)N1CCC(C2=C(C(=O)OC)C(c3ccc(F)cc3Cl)N=C(c3nccs3)N2)CC1. The minimum atomic E-state index is -3.67. The lowest BCUT2D eigenvalue weighted by atomic mass is 9.86. The van der Waals surface area contributed by atoms with Crippen LogP contribution in [-0.4, -0.2) is 68.5 Å². The fourth-order valence-electron chi connectivity index (χ4n) is 4.49. The first-order chi connectivity index (χ1) is 18.1. The maximum Gasteiger partial charge on any atom is 0.338 e. The number of allylic oxidation sites excluding steroid dienone is 1. The van der Waals surface area contributed by atoms with E-state index >= 15 is 0 Å². The van der Waals surface area contributed by atoms with Crippen molar-refractivity contribution in [1.82, 2.24) is 14.6 Å². The second-order valence-electron chi connectivity index (χ2n) is 8.64. The molecule has 1 saturated heterocycles. The van der Waals surface area contributed by atoms with Gasteiger partial charge in [0.1, 0.15) is 11.9 Å². The normalized spacial score (nSPS) is 19.1. The minimum absolute atomic E-state index is 0.103. The summed E-state index contributed by atoms with van der Waals surface area (Å²) in [6.45, 7) is 0.388. The highest BCUT2D eigenvalue weighted by atomic mass is 35.5. The molecule has 0 saturated carbocycles. The highest BCUT2D eigenvalue weighted by Crippen LogP contribution is 2.40. The van der Waals surface area contributed by atoms with Crippen LogP contribution in [0.5, 0.6) is 0 Å². The number of piperidine rings is 1. The Bertz CT molecular complexity index is 1370. The van der Waals surface area contributed by atoms with Gasteiger partial charge in [0.15, 0.2) is 10.8 Å². The number of esters is 2. The molecule has 14 heteroatoms. The molecule has 10 nitrogen and oxygen atoms in total. The van der Waals surface area contributed by atoms with Crippen LogP contribution in [-0.2, 0) is 29.1 Å². The van der Waals surface area contributed by atoms with Crippen LogP contribution in [0.2, 0.25) is 5.02 Å². The summed E-state index contributed by atoms with van der Waals surface area (Å²) in [4.78, 5) is 33.6. The zero-order valence-electron chi connectivity index (χ0n) is 20.6. The van der Waals surface area contributed by atoms with E-state index in [1.165, 1.54) is 42.0 Å². The van der Waals surface area contributed by atoms with Gasteiger partial charge in [-0.3, -0.25) is 9.79 Å². The first-order valence-electron chi connectivity index (χ1n) is 11.7. The number of benzene rings is 1. The molecule has 0 aliphatic carbocycles. The zero-order valence-corrected chi connectivity index (χ0v) is 23.0. The Morgan fingerprint density at radius 1 is 1.24 bits per heavy atom. The summed E-state index contributed by atoms with van der Waals surface area (Å²) < 4.78 is 50.4. The molecule has 0 spiro atoms. The molecule has 1 fully saturated rings. The molecule has 1 N–H and O–H groups in total. The number of ether oxygens (including phenoxy) is 2. The molecular formula is C24H26ClFN4O6S2. The smallest absolute Gasteiger partial charge is 0.338 e. The van der Waals surface area contributed by atoms with Gasteiger partial charge in [0, 0.05) is 46.9 Å². The lowest BCUT2D eigenvalue weighted by molar-refractivity contribution is -0.140. The maximum atomic E-state index is 13.8. The summed E-state index contributed by atoms with van der Waals surface area (Å²) in [5, 5.41) is 5.73. The summed E-state index contributed by atoms with van der Waals surface area (Å²) >= 11 is 7.74. The number of hydrogen-bond acceptors (Lipinski definition) is 10. The van der Waals surface area contributed by atoms with Gasteiger partial charge in [-0.1, -0.05) is 17.7 Å². The standard InChI is InChI=1S/C24H26ClFN4O6S2/c1-35-18(31)7-12-38(33,34)30-9-5-14(6-10-30)20-19(24(32)36-2)21(16-4-3-15(26)13-17(16)25)29-22(28-20)23-27-8-11-37-23/h3-4,8,11,13-14,21H,5-7,9-10,12H2,1-2H3,(H,28,29). The predicted molar refractivity (Wildman–Crippen MR) is 140 cm³/mol. The van der Waals surface area contributed by atoms with E-state index in [4.69, 9.17) is 21.3 Å². The van der Waals surface area contributed by atoms with Crippen LogP contribution in [0.25, 0.3) is 0 Å². The zero-order chi connectivity index (χ0) is 27.4. The van der Waals surface area contributed by atoms with Gasteiger partial charge in [0.2, 0.25) is 10.0 Å². The van der Waals surface area contributed by atoms with Gasteiger partial charge in [-0.2, -0.15) is 0 Å². The van der Waals surface area contributed by atoms with E-state index in [-0.39, 0.29) is 41.8 Å². The van der Waals surface area contributed by atoms with E-state index in [1.807, 2.05) is 0 Å². The van der Waals surface area contributed by atoms with Crippen molar-refractivity contribution in [3.63, 3.8) is 0 Å². The third-order valence-electron chi connectivity index (χ3n) is 6.42. The van der Waals surface area contributed by atoms with Crippen LogP contribution in [0.4, 0.5) is 4.39 Å². The molecule has 0 bridgehead atoms. The van der Waals surface area contributed by atoms with Crippen LogP contribution in [0.15, 0.2) is 46.0 Å². The number of methoxy groups -OCH3 is 2. The van der Waals surface area contributed by atoms with E-state index < -0.39 is 33.8 Å². The van der Waals surface area contributed by atoms with Crippen LogP contribution in [0.3, 0.4) is 0 Å². The summed E-state index contributed by atoms with van der Waals surface area (Å²) in [6.07, 6.45) is 2.19. The summed E-state index contributed by atoms with van der Waals surface area (Å²) in [6, 6.07) is 2.98. The number of sulfonamides is 1. The van der Waals surface area contributed by atoms with Crippen molar-refractivity contribution in [2.45, 2.75) is 25.3 Å². The number of halogens is 2. The first kappa shape index (κ1) is 28.1. The largest absolute Gasteiger partial charge is 0.469 e. The molecule has 1 aromatic carbocycles. The van der Waals surface area contributed by atoms with Gasteiger partial charge < -0.3 is 14.8 Å².